The van der Waals surface area contributed by atoms with E-state index in [2.05, 4.69) is 11.8 Å². The number of hydrogen-bond donors (Lipinski definition) is 0. The van der Waals surface area contributed by atoms with Crippen molar-refractivity contribution in [2.24, 2.45) is 0 Å². The van der Waals surface area contributed by atoms with Gasteiger partial charge in [-0.2, -0.15) is 0 Å². The van der Waals surface area contributed by atoms with Crippen molar-refractivity contribution in [1.82, 2.24) is 0 Å². The number of benzene rings is 1. The van der Waals surface area contributed by atoms with Crippen molar-refractivity contribution >= 4 is 23.2 Å². The Labute approximate surface area is 80.3 Å². The summed E-state index contributed by atoms with van der Waals surface area (Å²) in [6, 6.07) is 2.79. The minimum Gasteiger partial charge on any atom is -0.205 e. The number of halogens is 3. The summed E-state index contributed by atoms with van der Waals surface area (Å²) in [6.45, 7) is 1.67. The smallest absolute Gasteiger partial charge is 0.144 e. The van der Waals surface area contributed by atoms with Gasteiger partial charge in [-0.05, 0) is 19.1 Å². The average molecular weight is 203 g/mol. The van der Waals surface area contributed by atoms with Gasteiger partial charge >= 0.3 is 0 Å². The van der Waals surface area contributed by atoms with Crippen LogP contribution in [0.2, 0.25) is 10.0 Å². The molecule has 0 heterocycles. The fourth-order valence-corrected chi connectivity index (χ4v) is 1.09. The second-order valence-electron chi connectivity index (χ2n) is 2.13. The number of hydrogen-bond acceptors (Lipinski definition) is 0. The molecule has 0 saturated carbocycles. The van der Waals surface area contributed by atoms with Gasteiger partial charge in [0, 0.05) is 5.56 Å². The third kappa shape index (κ3) is 1.91. The Bertz CT molecular complexity index is 338. The van der Waals surface area contributed by atoms with E-state index in [0.717, 1.165) is 0 Å². The van der Waals surface area contributed by atoms with E-state index < -0.39 is 5.82 Å². The molecule has 0 aliphatic carbocycles. The standard InChI is InChI=1S/C9H5Cl2F/c1-2-3-6-4-7(10)9(11)8(12)5-6/h4-5H,1H3. The first-order valence-electron chi connectivity index (χ1n) is 3.22. The molecule has 0 nitrogen and oxygen atoms in total. The van der Waals surface area contributed by atoms with Crippen LogP contribution >= 0.6 is 23.2 Å². The van der Waals surface area contributed by atoms with Gasteiger partial charge in [0.2, 0.25) is 0 Å². The molecule has 0 unspecified atom stereocenters. The lowest BCUT2D eigenvalue weighted by Crippen LogP contribution is -1.81. The molecule has 0 fully saturated rings. The second-order valence-corrected chi connectivity index (χ2v) is 2.91. The summed E-state index contributed by atoms with van der Waals surface area (Å²) in [5.74, 6) is 4.78. The first kappa shape index (κ1) is 9.38. The molecular formula is C9H5Cl2F. The predicted molar refractivity (Wildman–Crippen MR) is 49.0 cm³/mol. The molecule has 1 aromatic rings. The Hall–Kier alpha value is -0.710. The normalized spacial score (nSPS) is 9.00. The molecule has 1 rings (SSSR count). The minimum absolute atomic E-state index is 0.0571. The first-order chi connectivity index (χ1) is 5.65. The van der Waals surface area contributed by atoms with Crippen molar-refractivity contribution in [2.75, 3.05) is 0 Å². The van der Waals surface area contributed by atoms with Crippen LogP contribution in [0, 0.1) is 17.7 Å². The molecule has 0 N–H and O–H groups in total. The molecule has 1 aromatic carbocycles. The van der Waals surface area contributed by atoms with Gasteiger partial charge < -0.3 is 0 Å². The maximum Gasteiger partial charge on any atom is 0.144 e. The zero-order valence-electron chi connectivity index (χ0n) is 6.29. The Morgan fingerprint density at radius 2 is 2.00 bits per heavy atom. The lowest BCUT2D eigenvalue weighted by molar-refractivity contribution is 0.628. The lowest BCUT2D eigenvalue weighted by atomic mass is 10.2. The molecule has 3 heteroatoms. The van der Waals surface area contributed by atoms with Crippen LogP contribution in [0.15, 0.2) is 12.1 Å². The van der Waals surface area contributed by atoms with E-state index in [9.17, 15) is 4.39 Å². The summed E-state index contributed by atoms with van der Waals surface area (Å²) in [6.07, 6.45) is 0. The largest absolute Gasteiger partial charge is 0.205 e. The third-order valence-corrected chi connectivity index (χ3v) is 2.03. The summed E-state index contributed by atoms with van der Waals surface area (Å²) in [5.41, 5.74) is 0.532. The fourth-order valence-electron chi connectivity index (χ4n) is 0.772. The Morgan fingerprint density at radius 1 is 1.33 bits per heavy atom. The van der Waals surface area contributed by atoms with Gasteiger partial charge in [0.05, 0.1) is 10.0 Å². The van der Waals surface area contributed by atoms with E-state index in [1.165, 1.54) is 12.1 Å². The van der Waals surface area contributed by atoms with Gasteiger partial charge in [0.15, 0.2) is 0 Å². The van der Waals surface area contributed by atoms with Crippen LogP contribution in [0.3, 0.4) is 0 Å². The van der Waals surface area contributed by atoms with Crippen molar-refractivity contribution < 1.29 is 4.39 Å². The van der Waals surface area contributed by atoms with Crippen molar-refractivity contribution in [3.63, 3.8) is 0 Å². The van der Waals surface area contributed by atoms with E-state index in [1.54, 1.807) is 6.92 Å². The Kier molecular flexibility index (Phi) is 2.97. The summed E-state index contributed by atoms with van der Waals surface area (Å²) in [5, 5.41) is 0.132. The van der Waals surface area contributed by atoms with Crippen molar-refractivity contribution in [3.8, 4) is 11.8 Å². The molecule has 0 bridgehead atoms. The van der Waals surface area contributed by atoms with Gasteiger partial charge in [0.1, 0.15) is 5.82 Å². The monoisotopic (exact) mass is 202 g/mol. The van der Waals surface area contributed by atoms with Crippen LogP contribution in [-0.2, 0) is 0 Å². The van der Waals surface area contributed by atoms with E-state index >= 15 is 0 Å². The molecule has 0 radical (unpaired) electrons. The molecule has 0 aliphatic heterocycles. The van der Waals surface area contributed by atoms with E-state index in [4.69, 9.17) is 23.2 Å². The van der Waals surface area contributed by atoms with Gasteiger partial charge in [-0.1, -0.05) is 29.1 Å². The highest BCUT2D eigenvalue weighted by atomic mass is 35.5. The summed E-state index contributed by atoms with van der Waals surface area (Å²) in [7, 11) is 0. The van der Waals surface area contributed by atoms with Crippen LogP contribution in [0.25, 0.3) is 0 Å². The molecule has 0 amide bonds. The molecule has 62 valence electrons. The summed E-state index contributed by atoms with van der Waals surface area (Å²) < 4.78 is 12.9. The zero-order valence-corrected chi connectivity index (χ0v) is 7.80. The van der Waals surface area contributed by atoms with E-state index in [1.807, 2.05) is 0 Å². The van der Waals surface area contributed by atoms with Gasteiger partial charge in [-0.25, -0.2) is 4.39 Å². The number of rotatable bonds is 0. The van der Waals surface area contributed by atoms with Crippen LogP contribution < -0.4 is 0 Å². The zero-order chi connectivity index (χ0) is 9.14. The van der Waals surface area contributed by atoms with Crippen LogP contribution in [0.4, 0.5) is 4.39 Å². The maximum absolute atomic E-state index is 12.9. The molecule has 12 heavy (non-hydrogen) atoms. The Morgan fingerprint density at radius 3 is 2.50 bits per heavy atom. The maximum atomic E-state index is 12.9. The van der Waals surface area contributed by atoms with E-state index in [0.29, 0.717) is 5.56 Å². The lowest BCUT2D eigenvalue weighted by Gasteiger charge is -1.97. The summed E-state index contributed by atoms with van der Waals surface area (Å²) >= 11 is 11.1. The van der Waals surface area contributed by atoms with Gasteiger partial charge in [-0.3, -0.25) is 0 Å². The Balaban J connectivity index is 3.27. The highest BCUT2D eigenvalue weighted by Crippen LogP contribution is 2.25. The van der Waals surface area contributed by atoms with Gasteiger partial charge in [0.25, 0.3) is 0 Å². The molecule has 0 saturated heterocycles. The topological polar surface area (TPSA) is 0 Å². The highest BCUT2D eigenvalue weighted by Gasteiger charge is 2.05. The molecular weight excluding hydrogens is 198 g/mol. The minimum atomic E-state index is -0.540. The van der Waals surface area contributed by atoms with E-state index in [-0.39, 0.29) is 10.0 Å². The van der Waals surface area contributed by atoms with Crippen molar-refractivity contribution in [3.05, 3.63) is 33.6 Å². The quantitative estimate of drug-likeness (QED) is 0.447. The summed E-state index contributed by atoms with van der Waals surface area (Å²) in [4.78, 5) is 0. The average Bonchev–Trinajstić information content (AvgIpc) is 2.01. The van der Waals surface area contributed by atoms with Crippen LogP contribution in [0.5, 0.6) is 0 Å². The van der Waals surface area contributed by atoms with Crippen molar-refractivity contribution in [2.45, 2.75) is 6.92 Å². The molecule has 0 spiro atoms. The SMILES string of the molecule is CC#Cc1cc(F)c(Cl)c(Cl)c1. The van der Waals surface area contributed by atoms with Crippen LogP contribution in [0.1, 0.15) is 12.5 Å². The second kappa shape index (κ2) is 3.80. The highest BCUT2D eigenvalue weighted by molar-refractivity contribution is 6.42. The van der Waals surface area contributed by atoms with Gasteiger partial charge in [-0.15, -0.1) is 5.92 Å². The predicted octanol–water partition coefficient (Wildman–Crippen LogP) is 3.50. The first-order valence-corrected chi connectivity index (χ1v) is 3.98. The van der Waals surface area contributed by atoms with Crippen LogP contribution in [-0.4, -0.2) is 0 Å². The molecule has 0 aliphatic rings. The van der Waals surface area contributed by atoms with Crippen molar-refractivity contribution in [1.29, 1.82) is 0 Å². The third-order valence-electron chi connectivity index (χ3n) is 1.25. The molecule has 0 aromatic heterocycles. The molecule has 0 atom stereocenters. The fraction of sp³-hybridized carbons (Fsp3) is 0.111.